The Kier molecular flexibility index (Phi) is 9.44. The number of likely N-dealkylation sites (tertiary alicyclic amines) is 1. The van der Waals surface area contributed by atoms with E-state index < -0.39 is 12.0 Å². The molecule has 0 radical (unpaired) electrons. The fourth-order valence-corrected chi connectivity index (χ4v) is 6.13. The predicted molar refractivity (Wildman–Crippen MR) is 152 cm³/mol. The van der Waals surface area contributed by atoms with Gasteiger partial charge in [-0.2, -0.15) is 0 Å². The van der Waals surface area contributed by atoms with Gasteiger partial charge in [0.15, 0.2) is 5.17 Å². The van der Waals surface area contributed by atoms with Crippen LogP contribution in [-0.4, -0.2) is 72.8 Å². The van der Waals surface area contributed by atoms with Crippen molar-refractivity contribution in [2.24, 2.45) is 10.9 Å². The maximum Gasteiger partial charge on any atom is 0.338 e. The summed E-state index contributed by atoms with van der Waals surface area (Å²) in [6.07, 6.45) is 1.20. The van der Waals surface area contributed by atoms with Gasteiger partial charge in [0.2, 0.25) is 5.91 Å². The Hall–Kier alpha value is -3.47. The minimum Gasteiger partial charge on any atom is -0.497 e. The molecule has 1 aromatic rings. The molecule has 1 aromatic carbocycles. The van der Waals surface area contributed by atoms with E-state index in [1.807, 2.05) is 22.4 Å². The number of amides is 1. The van der Waals surface area contributed by atoms with Crippen LogP contribution in [0.2, 0.25) is 0 Å². The van der Waals surface area contributed by atoms with Crippen LogP contribution in [0.25, 0.3) is 0 Å². The molecule has 216 valence electrons. The molecule has 10 nitrogen and oxygen atoms in total. The number of thioether (sulfide) groups is 1. The molecule has 0 N–H and O–H groups in total. The van der Waals surface area contributed by atoms with Crippen molar-refractivity contribution < 1.29 is 33.3 Å². The van der Waals surface area contributed by atoms with Crippen LogP contribution in [0, 0.1) is 5.92 Å². The molecule has 11 heteroatoms. The lowest BCUT2D eigenvalue weighted by Gasteiger charge is -2.38. The molecule has 1 amide bonds. The molecule has 0 aromatic heterocycles. The third-order valence-corrected chi connectivity index (χ3v) is 7.91. The van der Waals surface area contributed by atoms with Crippen LogP contribution in [0.3, 0.4) is 0 Å². The first-order chi connectivity index (χ1) is 19.2. The van der Waals surface area contributed by atoms with Crippen LogP contribution >= 0.6 is 11.8 Å². The maximum atomic E-state index is 13.5. The molecule has 0 saturated carbocycles. The van der Waals surface area contributed by atoms with Crippen LogP contribution in [0.5, 0.6) is 11.5 Å². The first-order valence-corrected chi connectivity index (χ1v) is 14.4. The van der Waals surface area contributed by atoms with Crippen molar-refractivity contribution in [3.05, 3.63) is 46.1 Å². The third kappa shape index (κ3) is 6.14. The average molecular weight is 572 g/mol. The number of hydrogen-bond donors (Lipinski definition) is 0. The number of fused-ring (bicyclic) bond motifs is 1. The number of esters is 2. The van der Waals surface area contributed by atoms with E-state index in [2.05, 4.69) is 0 Å². The van der Waals surface area contributed by atoms with Gasteiger partial charge >= 0.3 is 11.9 Å². The van der Waals surface area contributed by atoms with Gasteiger partial charge < -0.3 is 28.7 Å². The number of aliphatic imine (C=N–C) groups is 1. The summed E-state index contributed by atoms with van der Waals surface area (Å²) >= 11 is 1.40. The van der Waals surface area contributed by atoms with E-state index in [0.717, 1.165) is 6.42 Å². The summed E-state index contributed by atoms with van der Waals surface area (Å²) in [4.78, 5) is 47.7. The second kappa shape index (κ2) is 12.8. The topological polar surface area (TPSA) is 107 Å². The largest absolute Gasteiger partial charge is 0.497 e. The zero-order valence-corrected chi connectivity index (χ0v) is 24.7. The van der Waals surface area contributed by atoms with E-state index in [-0.39, 0.29) is 30.3 Å². The quantitative estimate of drug-likeness (QED) is 0.398. The number of rotatable bonds is 9. The first-order valence-electron chi connectivity index (χ1n) is 13.5. The van der Waals surface area contributed by atoms with Crippen LogP contribution in [0.15, 0.2) is 45.6 Å². The summed E-state index contributed by atoms with van der Waals surface area (Å²) in [5, 5.41) is 2.56. The molecule has 0 unspecified atom stereocenters. The minimum absolute atomic E-state index is 0.0854. The standard InChI is InChI=1S/C29H37N3O7S/c1-7-38-27(34)19-9-8-12-31(15-19)24(33)13-20-16-40-29-30-18(4)25(28(35)39-17(2)3)26(32(20)29)22-11-10-21(36-5)14-23(22)37-6/h10-11,14,16-17,19,26H,7-9,12-13,15H2,1-6H3/t19-,26+/m0/s1. The van der Waals surface area contributed by atoms with Gasteiger partial charge in [-0.1, -0.05) is 11.8 Å². The normalized spacial score (nSPS) is 20.6. The van der Waals surface area contributed by atoms with Crippen molar-refractivity contribution in [1.82, 2.24) is 9.80 Å². The van der Waals surface area contributed by atoms with Crippen LogP contribution in [0.1, 0.15) is 58.6 Å². The van der Waals surface area contributed by atoms with Gasteiger partial charge in [-0.25, -0.2) is 9.79 Å². The predicted octanol–water partition coefficient (Wildman–Crippen LogP) is 4.42. The molecule has 40 heavy (non-hydrogen) atoms. The monoisotopic (exact) mass is 571 g/mol. The van der Waals surface area contributed by atoms with E-state index in [0.29, 0.717) is 65.3 Å². The fourth-order valence-electron chi connectivity index (χ4n) is 5.17. The number of amidine groups is 1. The highest BCUT2D eigenvalue weighted by Gasteiger charge is 2.43. The van der Waals surface area contributed by atoms with E-state index in [4.69, 9.17) is 23.9 Å². The highest BCUT2D eigenvalue weighted by Crippen LogP contribution is 2.47. The smallest absolute Gasteiger partial charge is 0.338 e. The molecular weight excluding hydrogens is 534 g/mol. The van der Waals surface area contributed by atoms with Crippen molar-refractivity contribution in [2.75, 3.05) is 33.9 Å². The number of allylic oxidation sites excluding steroid dienone is 1. The van der Waals surface area contributed by atoms with E-state index in [9.17, 15) is 14.4 Å². The summed E-state index contributed by atoms with van der Waals surface area (Å²) < 4.78 is 22.0. The lowest BCUT2D eigenvalue weighted by molar-refractivity contribution is -0.151. The van der Waals surface area contributed by atoms with E-state index in [1.165, 1.54) is 11.8 Å². The van der Waals surface area contributed by atoms with Gasteiger partial charge in [-0.3, -0.25) is 9.59 Å². The molecule has 3 aliphatic rings. The van der Waals surface area contributed by atoms with Crippen LogP contribution in [-0.2, 0) is 23.9 Å². The average Bonchev–Trinajstić information content (AvgIpc) is 3.33. The van der Waals surface area contributed by atoms with Crippen LogP contribution < -0.4 is 9.47 Å². The minimum atomic E-state index is -0.637. The number of ether oxygens (including phenoxy) is 4. The number of carbonyl (C=O) groups excluding carboxylic acids is 3. The van der Waals surface area contributed by atoms with Gasteiger partial charge in [-0.15, -0.1) is 0 Å². The molecular formula is C29H37N3O7S. The van der Waals surface area contributed by atoms with Gasteiger partial charge in [-0.05, 0) is 58.1 Å². The molecule has 2 atom stereocenters. The Labute approximate surface area is 239 Å². The molecule has 0 spiro atoms. The lowest BCUT2D eigenvalue weighted by Crippen LogP contribution is -2.44. The van der Waals surface area contributed by atoms with Crippen molar-refractivity contribution in [1.29, 1.82) is 0 Å². The number of carbonyl (C=O) groups is 3. The Morgan fingerprint density at radius 2 is 1.95 bits per heavy atom. The van der Waals surface area contributed by atoms with Crippen molar-refractivity contribution in [3.8, 4) is 11.5 Å². The Morgan fingerprint density at radius 3 is 2.62 bits per heavy atom. The third-order valence-electron chi connectivity index (χ3n) is 7.02. The Morgan fingerprint density at radius 1 is 1.18 bits per heavy atom. The number of hydrogen-bond acceptors (Lipinski definition) is 10. The lowest BCUT2D eigenvalue weighted by atomic mass is 9.92. The molecule has 4 rings (SSSR count). The summed E-state index contributed by atoms with van der Waals surface area (Å²) in [5.41, 5.74) is 2.34. The zero-order valence-electron chi connectivity index (χ0n) is 23.9. The van der Waals surface area contributed by atoms with Crippen molar-refractivity contribution in [3.63, 3.8) is 0 Å². The van der Waals surface area contributed by atoms with Crippen molar-refractivity contribution >= 4 is 34.8 Å². The second-order valence-electron chi connectivity index (χ2n) is 10.1. The molecule has 0 aliphatic carbocycles. The Bertz CT molecular complexity index is 1260. The summed E-state index contributed by atoms with van der Waals surface area (Å²) in [7, 11) is 3.14. The molecule has 3 aliphatic heterocycles. The number of methoxy groups -OCH3 is 2. The molecule has 1 saturated heterocycles. The first kappa shape index (κ1) is 29.5. The van der Waals surface area contributed by atoms with Gasteiger partial charge in [0.25, 0.3) is 0 Å². The SMILES string of the molecule is CCOC(=O)[C@H]1CCCN(C(=O)CC2=CSC3=NC(C)=C(C(=O)OC(C)C)[C@@H](c4ccc(OC)cc4OC)N23)C1. The zero-order chi connectivity index (χ0) is 29.0. The highest BCUT2D eigenvalue weighted by molar-refractivity contribution is 8.16. The fraction of sp³-hybridized carbons (Fsp3) is 0.517. The molecule has 3 heterocycles. The summed E-state index contributed by atoms with van der Waals surface area (Å²) in [6.45, 7) is 8.39. The van der Waals surface area contributed by atoms with Gasteiger partial charge in [0.1, 0.15) is 11.5 Å². The Balaban J connectivity index is 1.67. The summed E-state index contributed by atoms with van der Waals surface area (Å²) in [5.74, 6) is -0.0173. The van der Waals surface area contributed by atoms with Gasteiger partial charge in [0, 0.05) is 30.4 Å². The maximum absolute atomic E-state index is 13.5. The van der Waals surface area contributed by atoms with Crippen molar-refractivity contribution in [2.45, 2.75) is 59.1 Å². The van der Waals surface area contributed by atoms with E-state index >= 15 is 0 Å². The molecule has 1 fully saturated rings. The number of nitrogens with zero attached hydrogens (tertiary/aromatic N) is 3. The number of benzene rings is 1. The highest BCUT2D eigenvalue weighted by atomic mass is 32.2. The summed E-state index contributed by atoms with van der Waals surface area (Å²) in [6, 6.07) is 4.80. The number of piperidine rings is 1. The molecule has 0 bridgehead atoms. The van der Waals surface area contributed by atoms with Crippen LogP contribution in [0.4, 0.5) is 0 Å². The van der Waals surface area contributed by atoms with E-state index in [1.54, 1.807) is 52.9 Å². The van der Waals surface area contributed by atoms with Gasteiger partial charge in [0.05, 0.1) is 56.6 Å². The second-order valence-corrected chi connectivity index (χ2v) is 10.9.